The Balaban J connectivity index is 1.96. The maximum Gasteiger partial charge on any atom is 0.264 e. The predicted octanol–water partition coefficient (Wildman–Crippen LogP) is 4.97. The van der Waals surface area contributed by atoms with Crippen molar-refractivity contribution in [3.8, 4) is 11.5 Å². The molecule has 0 unspecified atom stereocenters. The van der Waals surface area contributed by atoms with Crippen LogP contribution in [0, 0.1) is 13.8 Å². The zero-order valence-corrected chi connectivity index (χ0v) is 22.4. The van der Waals surface area contributed by atoms with Crippen LogP contribution in [0.3, 0.4) is 0 Å². The minimum absolute atomic E-state index is 0.0709. The van der Waals surface area contributed by atoms with Gasteiger partial charge in [-0.15, -0.1) is 0 Å². The Labute approximate surface area is 220 Å². The Kier molecular flexibility index (Phi) is 8.84. The van der Waals surface area contributed by atoms with Crippen LogP contribution in [0.25, 0.3) is 0 Å². The van der Waals surface area contributed by atoms with Crippen molar-refractivity contribution in [3.05, 3.63) is 81.3 Å². The van der Waals surface area contributed by atoms with E-state index in [-0.39, 0.29) is 10.6 Å². The van der Waals surface area contributed by atoms with E-state index in [2.05, 4.69) is 10.5 Å². The molecule has 8 nitrogen and oxygen atoms in total. The summed E-state index contributed by atoms with van der Waals surface area (Å²) in [5.74, 6) is -0.0537. The van der Waals surface area contributed by atoms with Gasteiger partial charge in [0.2, 0.25) is 0 Å². The largest absolute Gasteiger partial charge is 0.493 e. The van der Waals surface area contributed by atoms with E-state index >= 15 is 0 Å². The number of sulfonamides is 1. The minimum Gasteiger partial charge on any atom is -0.493 e. The fraction of sp³-hybridized carbons (Fsp3) is 0.200. The number of hydrogen-bond donors (Lipinski definition) is 1. The second-order valence-corrected chi connectivity index (χ2v) is 10.5. The SMILES string of the molecule is COc1ccc(S(=O)(=O)N(CC(=O)N/N=C\c2c(Cl)cccc2Cl)c2cc(C)cc(C)c2)cc1OC. The van der Waals surface area contributed by atoms with Gasteiger partial charge in [0.25, 0.3) is 15.9 Å². The highest BCUT2D eigenvalue weighted by Gasteiger charge is 2.28. The Morgan fingerprint density at radius 3 is 2.17 bits per heavy atom. The lowest BCUT2D eigenvalue weighted by molar-refractivity contribution is -0.119. The summed E-state index contributed by atoms with van der Waals surface area (Å²) in [4.78, 5) is 12.7. The molecule has 0 aromatic heterocycles. The van der Waals surface area contributed by atoms with Gasteiger partial charge in [-0.3, -0.25) is 9.10 Å². The van der Waals surface area contributed by atoms with Crippen LogP contribution in [-0.2, 0) is 14.8 Å². The number of aryl methyl sites for hydroxylation is 2. The maximum absolute atomic E-state index is 13.7. The Bertz CT molecular complexity index is 1370. The lowest BCUT2D eigenvalue weighted by atomic mass is 10.1. The number of anilines is 1. The van der Waals surface area contributed by atoms with E-state index in [9.17, 15) is 13.2 Å². The van der Waals surface area contributed by atoms with Crippen LogP contribution in [0.2, 0.25) is 10.0 Å². The van der Waals surface area contributed by atoms with E-state index < -0.39 is 22.5 Å². The molecule has 0 aliphatic heterocycles. The molecular formula is C25H25Cl2N3O5S. The smallest absolute Gasteiger partial charge is 0.264 e. The number of hydrogen-bond acceptors (Lipinski definition) is 6. The number of nitrogens with one attached hydrogen (secondary N) is 1. The van der Waals surface area contributed by atoms with Crippen molar-refractivity contribution >= 4 is 51.0 Å². The van der Waals surface area contributed by atoms with Gasteiger partial charge in [0.1, 0.15) is 6.54 Å². The van der Waals surface area contributed by atoms with Crippen molar-refractivity contribution in [2.45, 2.75) is 18.7 Å². The number of benzene rings is 3. The van der Waals surface area contributed by atoms with E-state index in [0.29, 0.717) is 27.0 Å². The zero-order valence-electron chi connectivity index (χ0n) is 20.1. The minimum atomic E-state index is -4.19. The molecule has 0 aliphatic carbocycles. The monoisotopic (exact) mass is 549 g/mol. The number of carbonyl (C=O) groups is 1. The van der Waals surface area contributed by atoms with Gasteiger partial charge in [-0.05, 0) is 61.4 Å². The fourth-order valence-corrected chi connectivity index (χ4v) is 5.40. The number of methoxy groups -OCH3 is 2. The first-order valence-corrected chi connectivity index (χ1v) is 12.9. The number of halogens is 2. The lowest BCUT2D eigenvalue weighted by Crippen LogP contribution is -2.39. The lowest BCUT2D eigenvalue weighted by Gasteiger charge is -2.25. The summed E-state index contributed by atoms with van der Waals surface area (Å²) in [6.45, 7) is 3.15. The second-order valence-electron chi connectivity index (χ2n) is 7.80. The highest BCUT2D eigenvalue weighted by Crippen LogP contribution is 2.32. The zero-order chi connectivity index (χ0) is 26.5. The molecule has 3 aromatic rings. The van der Waals surface area contributed by atoms with Crippen molar-refractivity contribution < 1.29 is 22.7 Å². The predicted molar refractivity (Wildman–Crippen MR) is 142 cm³/mol. The molecule has 0 saturated carbocycles. The molecular weight excluding hydrogens is 525 g/mol. The first kappa shape index (κ1) is 27.3. The first-order valence-electron chi connectivity index (χ1n) is 10.7. The van der Waals surface area contributed by atoms with Crippen LogP contribution in [0.15, 0.2) is 64.6 Å². The third-order valence-electron chi connectivity index (χ3n) is 5.11. The number of carbonyl (C=O) groups excluding carboxylic acids is 1. The van der Waals surface area contributed by atoms with Crippen LogP contribution in [0.4, 0.5) is 5.69 Å². The number of amides is 1. The van der Waals surface area contributed by atoms with Gasteiger partial charge in [-0.2, -0.15) is 5.10 Å². The van der Waals surface area contributed by atoms with Gasteiger partial charge < -0.3 is 9.47 Å². The molecule has 3 aromatic carbocycles. The summed E-state index contributed by atoms with van der Waals surface area (Å²) < 4.78 is 38.9. The molecule has 1 N–H and O–H groups in total. The van der Waals surface area contributed by atoms with Gasteiger partial charge in [0.15, 0.2) is 11.5 Å². The van der Waals surface area contributed by atoms with Gasteiger partial charge in [-0.1, -0.05) is 35.3 Å². The van der Waals surface area contributed by atoms with Crippen LogP contribution >= 0.6 is 23.2 Å². The first-order chi connectivity index (χ1) is 17.1. The molecule has 36 heavy (non-hydrogen) atoms. The summed E-state index contributed by atoms with van der Waals surface area (Å²) in [7, 11) is -1.33. The summed E-state index contributed by atoms with van der Waals surface area (Å²) in [5, 5.41) is 4.61. The molecule has 190 valence electrons. The summed E-state index contributed by atoms with van der Waals surface area (Å²) >= 11 is 12.2. The number of rotatable bonds is 9. The van der Waals surface area contributed by atoms with Crippen molar-refractivity contribution in [3.63, 3.8) is 0 Å². The second kappa shape index (κ2) is 11.6. The molecule has 0 atom stereocenters. The Hall–Kier alpha value is -3.27. The van der Waals surface area contributed by atoms with Gasteiger partial charge in [0, 0.05) is 11.6 Å². The van der Waals surface area contributed by atoms with Crippen LogP contribution in [0.1, 0.15) is 16.7 Å². The van der Waals surface area contributed by atoms with Crippen LogP contribution < -0.4 is 19.2 Å². The van der Waals surface area contributed by atoms with Gasteiger partial charge in [0.05, 0.1) is 41.1 Å². The molecule has 3 rings (SSSR count). The van der Waals surface area contributed by atoms with E-state index in [1.807, 2.05) is 19.9 Å². The highest BCUT2D eigenvalue weighted by molar-refractivity contribution is 7.92. The standard InChI is InChI=1S/C25H25Cl2N3O5S/c1-16-10-17(2)12-18(11-16)30(36(32,33)19-8-9-23(34-3)24(13-19)35-4)15-25(31)29-28-14-20-21(26)6-5-7-22(20)27/h5-14H,15H2,1-4H3,(H,29,31)/b28-14-. The van der Waals surface area contributed by atoms with Gasteiger partial charge >= 0.3 is 0 Å². The third-order valence-corrected chi connectivity index (χ3v) is 7.54. The topological polar surface area (TPSA) is 97.3 Å². The molecule has 0 bridgehead atoms. The van der Waals surface area contributed by atoms with Crippen molar-refractivity contribution in [2.24, 2.45) is 5.10 Å². The molecule has 0 fully saturated rings. The highest BCUT2D eigenvalue weighted by atomic mass is 35.5. The van der Waals surface area contributed by atoms with Crippen LogP contribution in [-0.4, -0.2) is 41.3 Å². The number of hydrazone groups is 1. The molecule has 11 heteroatoms. The summed E-state index contributed by atoms with van der Waals surface area (Å²) in [6, 6.07) is 14.5. The van der Waals surface area contributed by atoms with Crippen molar-refractivity contribution in [1.82, 2.24) is 5.43 Å². The molecule has 0 aliphatic rings. The summed E-state index contributed by atoms with van der Waals surface area (Å²) in [6.07, 6.45) is 1.30. The van der Waals surface area contributed by atoms with E-state index in [1.54, 1.807) is 30.3 Å². The van der Waals surface area contributed by atoms with E-state index in [1.165, 1.54) is 38.6 Å². The van der Waals surface area contributed by atoms with E-state index in [0.717, 1.165) is 15.4 Å². The average molecular weight is 550 g/mol. The third kappa shape index (κ3) is 6.29. The molecule has 0 saturated heterocycles. The Morgan fingerprint density at radius 2 is 1.58 bits per heavy atom. The number of ether oxygens (including phenoxy) is 2. The summed E-state index contributed by atoms with van der Waals surface area (Å²) in [5.41, 5.74) is 4.77. The van der Waals surface area contributed by atoms with Crippen molar-refractivity contribution in [1.29, 1.82) is 0 Å². The molecule has 1 amide bonds. The Morgan fingerprint density at radius 1 is 0.972 bits per heavy atom. The van der Waals surface area contributed by atoms with Gasteiger partial charge in [-0.25, -0.2) is 13.8 Å². The molecule has 0 heterocycles. The average Bonchev–Trinajstić information content (AvgIpc) is 2.83. The maximum atomic E-state index is 13.7. The van der Waals surface area contributed by atoms with Crippen LogP contribution in [0.5, 0.6) is 11.5 Å². The molecule has 0 radical (unpaired) electrons. The fourth-order valence-electron chi connectivity index (χ4n) is 3.48. The molecule has 0 spiro atoms. The normalized spacial score (nSPS) is 11.4. The van der Waals surface area contributed by atoms with E-state index in [4.69, 9.17) is 32.7 Å². The number of nitrogens with zero attached hydrogens (tertiary/aromatic N) is 2. The quantitative estimate of drug-likeness (QED) is 0.300. The van der Waals surface area contributed by atoms with Crippen molar-refractivity contribution in [2.75, 3.05) is 25.1 Å².